The monoisotopic (exact) mass is 1070 g/mol. The van der Waals surface area contributed by atoms with Gasteiger partial charge in [0.2, 0.25) is 5.91 Å². The van der Waals surface area contributed by atoms with Gasteiger partial charge in [-0.3, -0.25) is 13.8 Å². The minimum Gasteiger partial charge on any atom is -0.387 e. The van der Waals surface area contributed by atoms with E-state index in [1.807, 2.05) is 27.2 Å². The van der Waals surface area contributed by atoms with E-state index in [1.54, 1.807) is 6.08 Å². The van der Waals surface area contributed by atoms with Gasteiger partial charge in [-0.25, -0.2) is 4.57 Å². The van der Waals surface area contributed by atoms with Gasteiger partial charge >= 0.3 is 7.82 Å². The van der Waals surface area contributed by atoms with Crippen LogP contribution in [-0.2, 0) is 18.4 Å². The molecule has 75 heavy (non-hydrogen) atoms. The quantitative estimate of drug-likeness (QED) is 0.0243. The highest BCUT2D eigenvalue weighted by molar-refractivity contribution is 7.47. The number of quaternary nitrogens is 1. The van der Waals surface area contributed by atoms with Crippen LogP contribution in [0.3, 0.4) is 0 Å². The molecule has 0 saturated carbocycles. The first-order chi connectivity index (χ1) is 36.5. The Morgan fingerprint density at radius 1 is 0.453 bits per heavy atom. The molecule has 0 aromatic heterocycles. The van der Waals surface area contributed by atoms with Crippen LogP contribution in [0.2, 0.25) is 0 Å². The molecular weight excluding hydrogens is 948 g/mol. The van der Waals surface area contributed by atoms with Crippen LogP contribution in [0.1, 0.15) is 290 Å². The number of carbonyl (C=O) groups excluding carboxylic acids is 1. The van der Waals surface area contributed by atoms with Crippen molar-refractivity contribution < 1.29 is 32.9 Å². The number of amides is 1. The summed E-state index contributed by atoms with van der Waals surface area (Å²) in [5.74, 6) is -0.203. The molecule has 0 bridgehead atoms. The molecule has 3 atom stereocenters. The first kappa shape index (κ1) is 72.9. The highest BCUT2D eigenvalue weighted by atomic mass is 31.2. The summed E-state index contributed by atoms with van der Waals surface area (Å²) in [7, 11) is 1.53. The van der Waals surface area contributed by atoms with Crippen LogP contribution in [0.25, 0.3) is 0 Å². The van der Waals surface area contributed by atoms with Gasteiger partial charge in [-0.2, -0.15) is 0 Å². The van der Waals surface area contributed by atoms with Crippen LogP contribution in [0.5, 0.6) is 0 Å². The number of likely N-dealkylation sites (N-methyl/N-ethyl adjacent to an activating group) is 1. The summed E-state index contributed by atoms with van der Waals surface area (Å²) in [5, 5.41) is 13.9. The van der Waals surface area contributed by atoms with Gasteiger partial charge < -0.3 is 19.8 Å². The maximum atomic E-state index is 13.0. The molecule has 0 radical (unpaired) electrons. The van der Waals surface area contributed by atoms with Crippen LogP contribution < -0.4 is 5.32 Å². The van der Waals surface area contributed by atoms with Crippen molar-refractivity contribution in [1.29, 1.82) is 0 Å². The fourth-order valence-corrected chi connectivity index (χ4v) is 9.88. The van der Waals surface area contributed by atoms with Gasteiger partial charge in [-0.15, -0.1) is 0 Å². The molecule has 438 valence electrons. The number of hydrogen-bond donors (Lipinski definition) is 3. The molecule has 0 aliphatic heterocycles. The lowest BCUT2D eigenvalue weighted by molar-refractivity contribution is -0.870. The molecule has 0 fully saturated rings. The normalized spacial score (nSPS) is 14.3. The Morgan fingerprint density at radius 2 is 0.773 bits per heavy atom. The second-order valence-corrected chi connectivity index (χ2v) is 24.2. The van der Waals surface area contributed by atoms with Crippen LogP contribution in [0, 0.1) is 0 Å². The average molecular weight is 1070 g/mol. The molecule has 0 aromatic rings. The van der Waals surface area contributed by atoms with E-state index in [0.717, 1.165) is 70.6 Å². The summed E-state index contributed by atoms with van der Waals surface area (Å²) >= 11 is 0. The SMILES string of the molecule is CCCCCCC/C=C\C/C=C\C/C=C\CCCCCCCCC(=O)NC(COP(=O)(O)OCC[N+](C)(C)C)C(O)/C=C/CC/C=C/CC/C=C/CCCCCCCCCCCCCCCCCCCCCCCC. The van der Waals surface area contributed by atoms with E-state index >= 15 is 0 Å². The van der Waals surface area contributed by atoms with Gasteiger partial charge in [0.25, 0.3) is 0 Å². The zero-order valence-corrected chi connectivity index (χ0v) is 50.9. The number of nitrogens with zero attached hydrogens (tertiary/aromatic N) is 1. The highest BCUT2D eigenvalue weighted by Gasteiger charge is 2.27. The first-order valence-electron chi connectivity index (χ1n) is 31.8. The summed E-state index contributed by atoms with van der Waals surface area (Å²) in [4.78, 5) is 23.3. The van der Waals surface area contributed by atoms with E-state index < -0.39 is 20.0 Å². The van der Waals surface area contributed by atoms with Gasteiger partial charge in [0.05, 0.1) is 39.9 Å². The third-order valence-electron chi connectivity index (χ3n) is 14.1. The summed E-state index contributed by atoms with van der Waals surface area (Å²) in [6.45, 7) is 4.79. The maximum absolute atomic E-state index is 13.0. The number of rotatable bonds is 58. The number of nitrogens with one attached hydrogen (secondary N) is 1. The van der Waals surface area contributed by atoms with Crippen LogP contribution in [-0.4, -0.2) is 73.4 Å². The zero-order valence-electron chi connectivity index (χ0n) is 50.0. The molecule has 0 spiro atoms. The molecule has 9 heteroatoms. The van der Waals surface area contributed by atoms with Crippen molar-refractivity contribution in [2.45, 2.75) is 302 Å². The predicted molar refractivity (Wildman–Crippen MR) is 327 cm³/mol. The highest BCUT2D eigenvalue weighted by Crippen LogP contribution is 2.43. The number of carbonyl (C=O) groups is 1. The summed E-state index contributed by atoms with van der Waals surface area (Å²) < 4.78 is 23.7. The lowest BCUT2D eigenvalue weighted by Gasteiger charge is -2.25. The topological polar surface area (TPSA) is 105 Å². The van der Waals surface area contributed by atoms with Gasteiger partial charge in [-0.05, 0) is 83.5 Å². The number of aliphatic hydroxyl groups is 1. The largest absolute Gasteiger partial charge is 0.472 e. The Balaban J connectivity index is 4.22. The van der Waals surface area contributed by atoms with E-state index in [9.17, 15) is 19.4 Å². The number of allylic oxidation sites excluding steroid dienone is 11. The number of unbranched alkanes of at least 4 members (excludes halogenated alkanes) is 35. The Morgan fingerprint density at radius 3 is 1.16 bits per heavy atom. The molecule has 0 rings (SSSR count). The van der Waals surface area contributed by atoms with E-state index in [2.05, 4.69) is 79.9 Å². The van der Waals surface area contributed by atoms with Gasteiger partial charge in [-0.1, -0.05) is 273 Å². The molecule has 1 amide bonds. The fraction of sp³-hybridized carbons (Fsp3) is 0.803. The lowest BCUT2D eigenvalue weighted by Crippen LogP contribution is -2.45. The number of hydrogen-bond acceptors (Lipinski definition) is 5. The van der Waals surface area contributed by atoms with Crippen LogP contribution in [0.15, 0.2) is 72.9 Å². The second-order valence-electron chi connectivity index (χ2n) is 22.8. The van der Waals surface area contributed by atoms with Crippen LogP contribution >= 0.6 is 7.82 Å². The molecule has 0 aliphatic rings. The van der Waals surface area contributed by atoms with Crippen molar-refractivity contribution in [3.8, 4) is 0 Å². The van der Waals surface area contributed by atoms with Crippen molar-refractivity contribution in [1.82, 2.24) is 5.32 Å². The summed E-state index contributed by atoms with van der Waals surface area (Å²) in [6.07, 6.45) is 78.9. The second kappa shape index (κ2) is 56.7. The Labute approximate surface area is 465 Å². The summed E-state index contributed by atoms with van der Waals surface area (Å²) in [5.41, 5.74) is 0. The third-order valence-corrected chi connectivity index (χ3v) is 15.1. The van der Waals surface area contributed by atoms with Crippen molar-refractivity contribution in [3.05, 3.63) is 72.9 Å². The van der Waals surface area contributed by atoms with Gasteiger partial charge in [0.1, 0.15) is 13.2 Å². The maximum Gasteiger partial charge on any atom is 0.472 e. The van der Waals surface area contributed by atoms with E-state index in [-0.39, 0.29) is 19.1 Å². The number of phosphoric acid groups is 1. The van der Waals surface area contributed by atoms with Crippen LogP contribution in [0.4, 0.5) is 0 Å². The molecule has 3 unspecified atom stereocenters. The molecular formula is C66H124N2O6P+. The third kappa shape index (κ3) is 59.4. The minimum absolute atomic E-state index is 0.0478. The van der Waals surface area contributed by atoms with Crippen molar-refractivity contribution in [2.75, 3.05) is 40.9 Å². The number of aliphatic hydroxyl groups excluding tert-OH is 1. The predicted octanol–water partition coefficient (Wildman–Crippen LogP) is 19.8. The van der Waals surface area contributed by atoms with Gasteiger partial charge in [0.15, 0.2) is 0 Å². The Hall–Kier alpha value is -2.06. The fourth-order valence-electron chi connectivity index (χ4n) is 9.14. The molecule has 0 heterocycles. The lowest BCUT2D eigenvalue weighted by atomic mass is 10.0. The minimum atomic E-state index is -4.37. The number of phosphoric ester groups is 1. The van der Waals surface area contributed by atoms with E-state index in [1.165, 1.54) is 199 Å². The zero-order chi connectivity index (χ0) is 54.9. The first-order valence-corrected chi connectivity index (χ1v) is 33.3. The van der Waals surface area contributed by atoms with Gasteiger partial charge in [0, 0.05) is 6.42 Å². The van der Waals surface area contributed by atoms with Crippen molar-refractivity contribution in [2.24, 2.45) is 0 Å². The smallest absolute Gasteiger partial charge is 0.387 e. The molecule has 0 saturated heterocycles. The Kier molecular flexibility index (Phi) is 55.1. The van der Waals surface area contributed by atoms with Crippen molar-refractivity contribution >= 4 is 13.7 Å². The van der Waals surface area contributed by atoms with Crippen molar-refractivity contribution in [3.63, 3.8) is 0 Å². The van der Waals surface area contributed by atoms with E-state index in [4.69, 9.17) is 9.05 Å². The average Bonchev–Trinajstić information content (AvgIpc) is 3.37. The summed E-state index contributed by atoms with van der Waals surface area (Å²) in [6, 6.07) is -0.882. The Bertz CT molecular complexity index is 1450. The molecule has 8 nitrogen and oxygen atoms in total. The molecule has 3 N–H and O–H groups in total. The molecule has 0 aliphatic carbocycles. The standard InChI is InChI=1S/C66H123N2O6P/c1-6-8-10-12-14-16-18-20-22-24-26-28-29-30-31-32-33-34-35-36-37-38-40-41-43-45-47-49-51-53-55-57-59-65(69)64(63-74-75(71,72)73-62-61-68(3,4)5)67-66(70)60-58-56-54-52-50-48-46-44-42-39-27-25-23-21-19-17-15-13-11-9-7-2/h19,21,25,27,41-44,49,51,57,59,64-65,69H,6-18,20,22-24,26,28-40,45-48,50,52-56,58,60-63H2,1-5H3,(H-,67,70,71,72)/p+1/b21-19-,27-25-,43-41+,44-42-,51-49+,59-57+. The van der Waals surface area contributed by atoms with E-state index in [0.29, 0.717) is 17.4 Å². The molecule has 0 aromatic carbocycles.